The zero-order valence-electron chi connectivity index (χ0n) is 18.0. The summed E-state index contributed by atoms with van der Waals surface area (Å²) >= 11 is 0. The summed E-state index contributed by atoms with van der Waals surface area (Å²) in [4.78, 5) is 14.5. The molecule has 0 radical (unpaired) electrons. The third-order valence-electron chi connectivity index (χ3n) is 5.46. The summed E-state index contributed by atoms with van der Waals surface area (Å²) in [6, 6.07) is 19.4. The van der Waals surface area contributed by atoms with Gasteiger partial charge in [-0.1, -0.05) is 38.1 Å². The van der Waals surface area contributed by atoms with Gasteiger partial charge < -0.3 is 15.0 Å². The molecule has 4 rings (SSSR count). The van der Waals surface area contributed by atoms with Crippen LogP contribution in [0.5, 0.6) is 5.75 Å². The van der Waals surface area contributed by atoms with Gasteiger partial charge in [-0.05, 0) is 60.7 Å². The molecule has 6 heteroatoms. The van der Waals surface area contributed by atoms with Crippen molar-refractivity contribution in [2.75, 3.05) is 29.9 Å². The van der Waals surface area contributed by atoms with Crippen LogP contribution in [-0.2, 0) is 4.79 Å². The quantitative estimate of drug-likeness (QED) is 0.594. The SMILES string of the molecule is CC(C)c1ccc(OCC(=O)Nc2ccc(-c3ccc(N4CCCC4)nn3)cc2)cc1. The maximum absolute atomic E-state index is 12.2. The lowest BCUT2D eigenvalue weighted by Crippen LogP contribution is -2.20. The summed E-state index contributed by atoms with van der Waals surface area (Å²) in [5.74, 6) is 1.89. The first-order valence-electron chi connectivity index (χ1n) is 10.8. The lowest BCUT2D eigenvalue weighted by molar-refractivity contribution is -0.118. The highest BCUT2D eigenvalue weighted by Crippen LogP contribution is 2.23. The molecule has 160 valence electrons. The molecule has 3 aromatic rings. The molecule has 2 aromatic carbocycles. The third kappa shape index (κ3) is 5.40. The minimum Gasteiger partial charge on any atom is -0.484 e. The molecule has 6 nitrogen and oxygen atoms in total. The van der Waals surface area contributed by atoms with E-state index in [1.54, 1.807) is 0 Å². The molecule has 0 atom stereocenters. The number of nitrogens with zero attached hydrogens (tertiary/aromatic N) is 3. The maximum Gasteiger partial charge on any atom is 0.262 e. The van der Waals surface area contributed by atoms with Gasteiger partial charge in [-0.3, -0.25) is 4.79 Å². The maximum atomic E-state index is 12.2. The van der Waals surface area contributed by atoms with Gasteiger partial charge in [-0.15, -0.1) is 10.2 Å². The van der Waals surface area contributed by atoms with E-state index in [2.05, 4.69) is 34.3 Å². The van der Waals surface area contributed by atoms with Crippen molar-refractivity contribution in [1.29, 1.82) is 0 Å². The molecule has 1 N–H and O–H groups in total. The molecule has 1 aromatic heterocycles. The van der Waals surface area contributed by atoms with Crippen molar-refractivity contribution in [3.05, 3.63) is 66.2 Å². The van der Waals surface area contributed by atoms with Gasteiger partial charge >= 0.3 is 0 Å². The van der Waals surface area contributed by atoms with Crippen LogP contribution in [0.4, 0.5) is 11.5 Å². The highest BCUT2D eigenvalue weighted by Gasteiger charge is 2.14. The predicted molar refractivity (Wildman–Crippen MR) is 124 cm³/mol. The van der Waals surface area contributed by atoms with Crippen molar-refractivity contribution < 1.29 is 9.53 Å². The Balaban J connectivity index is 1.30. The Morgan fingerprint density at radius 2 is 1.68 bits per heavy atom. The molecule has 1 aliphatic heterocycles. The number of nitrogens with one attached hydrogen (secondary N) is 1. The highest BCUT2D eigenvalue weighted by molar-refractivity contribution is 5.92. The average molecular weight is 417 g/mol. The zero-order valence-corrected chi connectivity index (χ0v) is 18.0. The second kappa shape index (κ2) is 9.60. The third-order valence-corrected chi connectivity index (χ3v) is 5.46. The van der Waals surface area contributed by atoms with Crippen molar-refractivity contribution in [2.45, 2.75) is 32.6 Å². The largest absolute Gasteiger partial charge is 0.484 e. The lowest BCUT2D eigenvalue weighted by atomic mass is 10.0. The standard InChI is InChI=1S/C25H28N4O2/c1-18(2)19-7-11-22(12-8-19)31-17-25(30)26-21-9-5-20(6-10-21)23-13-14-24(28-27-23)29-15-3-4-16-29/h5-14,18H,3-4,15-17H2,1-2H3,(H,26,30). The molecule has 1 fully saturated rings. The Hall–Kier alpha value is -3.41. The normalized spacial score (nSPS) is 13.5. The number of carbonyl (C=O) groups is 1. The van der Waals surface area contributed by atoms with Crippen molar-refractivity contribution >= 4 is 17.4 Å². The summed E-state index contributed by atoms with van der Waals surface area (Å²) in [5.41, 5.74) is 3.73. The van der Waals surface area contributed by atoms with E-state index in [-0.39, 0.29) is 12.5 Å². The minimum absolute atomic E-state index is 0.0355. The molecule has 1 saturated heterocycles. The number of rotatable bonds is 7. The van der Waals surface area contributed by atoms with Crippen molar-refractivity contribution in [2.24, 2.45) is 0 Å². The summed E-state index contributed by atoms with van der Waals surface area (Å²) < 4.78 is 5.59. The second-order valence-electron chi connectivity index (χ2n) is 8.11. The summed E-state index contributed by atoms with van der Waals surface area (Å²) in [6.45, 7) is 6.35. The number of ether oxygens (including phenoxy) is 1. The second-order valence-corrected chi connectivity index (χ2v) is 8.11. The van der Waals surface area contributed by atoms with Crippen LogP contribution in [0.15, 0.2) is 60.7 Å². The van der Waals surface area contributed by atoms with Gasteiger partial charge in [0.05, 0.1) is 5.69 Å². The van der Waals surface area contributed by atoms with Gasteiger partial charge in [0.2, 0.25) is 0 Å². The van der Waals surface area contributed by atoms with E-state index in [1.165, 1.54) is 18.4 Å². The summed E-state index contributed by atoms with van der Waals surface area (Å²) in [6.07, 6.45) is 2.43. The van der Waals surface area contributed by atoms with Gasteiger partial charge in [0, 0.05) is 24.3 Å². The first kappa shape index (κ1) is 20.8. The number of hydrogen-bond donors (Lipinski definition) is 1. The molecule has 1 aliphatic rings. The molecule has 0 bridgehead atoms. The van der Waals surface area contributed by atoms with Crippen LogP contribution in [0, 0.1) is 0 Å². The smallest absolute Gasteiger partial charge is 0.262 e. The number of aromatic nitrogens is 2. The van der Waals surface area contributed by atoms with Crippen LogP contribution in [0.1, 0.15) is 38.2 Å². The zero-order chi connectivity index (χ0) is 21.6. The molecule has 0 saturated carbocycles. The van der Waals surface area contributed by atoms with E-state index in [1.807, 2.05) is 60.7 Å². The summed E-state index contributed by atoms with van der Waals surface area (Å²) in [7, 11) is 0. The van der Waals surface area contributed by atoms with Gasteiger partial charge in [-0.2, -0.15) is 0 Å². The van der Waals surface area contributed by atoms with Crippen LogP contribution in [0.3, 0.4) is 0 Å². The minimum atomic E-state index is -0.199. The molecular weight excluding hydrogens is 388 g/mol. The molecule has 0 spiro atoms. The number of anilines is 2. The predicted octanol–water partition coefficient (Wildman–Crippen LogP) is 4.88. The van der Waals surface area contributed by atoms with Gasteiger partial charge in [-0.25, -0.2) is 0 Å². The molecule has 31 heavy (non-hydrogen) atoms. The number of benzene rings is 2. The first-order chi connectivity index (χ1) is 15.1. The highest BCUT2D eigenvalue weighted by atomic mass is 16.5. The van der Waals surface area contributed by atoms with E-state index in [9.17, 15) is 4.79 Å². The van der Waals surface area contributed by atoms with Crippen LogP contribution >= 0.6 is 0 Å². The van der Waals surface area contributed by atoms with Crippen LogP contribution in [0.2, 0.25) is 0 Å². The van der Waals surface area contributed by atoms with Gasteiger partial charge in [0.1, 0.15) is 5.75 Å². The molecule has 1 amide bonds. The van der Waals surface area contributed by atoms with Crippen molar-refractivity contribution in [3.63, 3.8) is 0 Å². The first-order valence-corrected chi connectivity index (χ1v) is 10.8. The summed E-state index contributed by atoms with van der Waals surface area (Å²) in [5, 5.41) is 11.6. The van der Waals surface area contributed by atoms with Crippen molar-refractivity contribution in [1.82, 2.24) is 10.2 Å². The van der Waals surface area contributed by atoms with E-state index in [4.69, 9.17) is 4.74 Å². The molecule has 2 heterocycles. The monoisotopic (exact) mass is 416 g/mol. The molecule has 0 unspecified atom stereocenters. The van der Waals surface area contributed by atoms with E-state index >= 15 is 0 Å². The Bertz CT molecular complexity index is 993. The fourth-order valence-electron chi connectivity index (χ4n) is 3.61. The average Bonchev–Trinajstić information content (AvgIpc) is 3.34. The molecular formula is C25H28N4O2. The fourth-order valence-corrected chi connectivity index (χ4v) is 3.61. The van der Waals surface area contributed by atoms with Crippen molar-refractivity contribution in [3.8, 4) is 17.0 Å². The topological polar surface area (TPSA) is 67.3 Å². The van der Waals surface area contributed by atoms with Gasteiger partial charge in [0.25, 0.3) is 5.91 Å². The number of amides is 1. The fraction of sp³-hybridized carbons (Fsp3) is 0.320. The number of hydrogen-bond acceptors (Lipinski definition) is 5. The lowest BCUT2D eigenvalue weighted by Gasteiger charge is -2.15. The van der Waals surface area contributed by atoms with E-state index in [0.29, 0.717) is 17.4 Å². The van der Waals surface area contributed by atoms with Crippen LogP contribution < -0.4 is 15.0 Å². The van der Waals surface area contributed by atoms with E-state index < -0.39 is 0 Å². The van der Waals surface area contributed by atoms with Gasteiger partial charge in [0.15, 0.2) is 12.4 Å². The Labute approximate surface area is 183 Å². The Morgan fingerprint density at radius 1 is 0.968 bits per heavy atom. The van der Waals surface area contributed by atoms with E-state index in [0.717, 1.165) is 30.2 Å². The van der Waals surface area contributed by atoms with Crippen LogP contribution in [0.25, 0.3) is 11.3 Å². The van der Waals surface area contributed by atoms with Crippen LogP contribution in [-0.4, -0.2) is 35.8 Å². The molecule has 0 aliphatic carbocycles. The Morgan fingerprint density at radius 3 is 2.29 bits per heavy atom. The number of carbonyl (C=O) groups excluding carboxylic acids is 1. The Kier molecular flexibility index (Phi) is 6.46.